The lowest BCUT2D eigenvalue weighted by molar-refractivity contribution is -0.128. The lowest BCUT2D eigenvalue weighted by atomic mass is 9.86. The third-order valence-electron chi connectivity index (χ3n) is 4.84. The van der Waals surface area contributed by atoms with Gasteiger partial charge in [-0.3, -0.25) is 9.69 Å². The molecule has 0 saturated carbocycles. The number of carbonyl (C=O) groups excluding carboxylic acids is 1. The number of aliphatic imine (C=N–C) groups is 1. The van der Waals surface area contributed by atoms with Gasteiger partial charge in [0.15, 0.2) is 5.96 Å². The summed E-state index contributed by atoms with van der Waals surface area (Å²) in [7, 11) is 1.64. The normalized spacial score (nSPS) is 19.8. The molecule has 1 amide bonds. The van der Waals surface area contributed by atoms with E-state index in [4.69, 9.17) is 11.0 Å². The van der Waals surface area contributed by atoms with E-state index in [0.717, 1.165) is 28.7 Å². The standard InChI is InChI=1S/C21H22N4O/c1-21(14-19(26)25(2)20(23)24-21)18-10-4-9-17(13-18)16-8-3-6-15(12-16)7-5-11-22/h3-4,6,8-10,12-13H,5,7,14H2,1-2H3,(H2,23,24). The van der Waals surface area contributed by atoms with Crippen molar-refractivity contribution in [1.82, 2.24) is 4.90 Å². The fourth-order valence-corrected chi connectivity index (χ4v) is 3.22. The Bertz CT molecular complexity index is 912. The van der Waals surface area contributed by atoms with E-state index in [1.165, 1.54) is 4.90 Å². The second kappa shape index (κ2) is 7.01. The Labute approximate surface area is 153 Å². The molecule has 1 atom stereocenters. The smallest absolute Gasteiger partial charge is 0.231 e. The molecule has 26 heavy (non-hydrogen) atoms. The topological polar surface area (TPSA) is 82.5 Å². The third-order valence-corrected chi connectivity index (χ3v) is 4.84. The molecule has 0 aromatic heterocycles. The van der Waals surface area contributed by atoms with Crippen LogP contribution in [0, 0.1) is 11.3 Å². The van der Waals surface area contributed by atoms with Gasteiger partial charge in [-0.15, -0.1) is 0 Å². The molecular formula is C21H22N4O. The van der Waals surface area contributed by atoms with E-state index >= 15 is 0 Å². The molecule has 0 saturated heterocycles. The minimum absolute atomic E-state index is 0.0381. The molecule has 1 aliphatic heterocycles. The fourth-order valence-electron chi connectivity index (χ4n) is 3.22. The summed E-state index contributed by atoms with van der Waals surface area (Å²) < 4.78 is 0. The molecule has 2 N–H and O–H groups in total. The Kier molecular flexibility index (Phi) is 4.77. The van der Waals surface area contributed by atoms with Crippen LogP contribution in [0.25, 0.3) is 11.1 Å². The third kappa shape index (κ3) is 3.45. The van der Waals surface area contributed by atoms with Crippen molar-refractivity contribution in [3.05, 3.63) is 59.7 Å². The molecule has 3 rings (SSSR count). The highest BCUT2D eigenvalue weighted by atomic mass is 16.2. The van der Waals surface area contributed by atoms with E-state index in [9.17, 15) is 4.79 Å². The molecule has 5 nitrogen and oxygen atoms in total. The zero-order valence-corrected chi connectivity index (χ0v) is 15.1. The van der Waals surface area contributed by atoms with Crippen molar-refractivity contribution in [1.29, 1.82) is 5.26 Å². The van der Waals surface area contributed by atoms with Crippen molar-refractivity contribution in [3.63, 3.8) is 0 Å². The highest BCUT2D eigenvalue weighted by Gasteiger charge is 2.36. The summed E-state index contributed by atoms with van der Waals surface area (Å²) in [6.45, 7) is 1.94. The first-order valence-corrected chi connectivity index (χ1v) is 8.61. The number of aryl methyl sites for hydroxylation is 1. The molecule has 0 bridgehead atoms. The SMILES string of the molecule is CN1C(=O)CC(C)(c2cccc(-c3cccc(CCC#N)c3)c2)N=C1N. The van der Waals surface area contributed by atoms with Crippen molar-refractivity contribution in [2.75, 3.05) is 7.05 Å². The van der Waals surface area contributed by atoms with Gasteiger partial charge in [-0.2, -0.15) is 5.26 Å². The van der Waals surface area contributed by atoms with Crippen molar-refractivity contribution in [2.45, 2.75) is 31.7 Å². The van der Waals surface area contributed by atoms with Crippen LogP contribution < -0.4 is 5.73 Å². The van der Waals surface area contributed by atoms with Crippen LogP contribution in [0.5, 0.6) is 0 Å². The Morgan fingerprint density at radius 2 is 1.92 bits per heavy atom. The average molecular weight is 346 g/mol. The minimum atomic E-state index is -0.665. The molecule has 0 radical (unpaired) electrons. The first-order chi connectivity index (χ1) is 12.4. The zero-order valence-electron chi connectivity index (χ0n) is 15.1. The molecule has 1 unspecified atom stereocenters. The number of carbonyl (C=O) groups is 1. The van der Waals surface area contributed by atoms with E-state index in [1.807, 2.05) is 37.3 Å². The minimum Gasteiger partial charge on any atom is -0.369 e. The Balaban J connectivity index is 1.97. The van der Waals surface area contributed by atoms with Crippen LogP contribution >= 0.6 is 0 Å². The van der Waals surface area contributed by atoms with E-state index < -0.39 is 5.54 Å². The number of rotatable bonds is 4. The molecule has 0 fully saturated rings. The first-order valence-electron chi connectivity index (χ1n) is 8.61. The quantitative estimate of drug-likeness (QED) is 0.923. The predicted octanol–water partition coefficient (Wildman–Crippen LogP) is 3.20. The molecule has 1 heterocycles. The Hall–Kier alpha value is -3.13. The van der Waals surface area contributed by atoms with Crippen molar-refractivity contribution >= 4 is 11.9 Å². The van der Waals surface area contributed by atoms with Gasteiger partial charge in [-0.25, -0.2) is 4.99 Å². The Morgan fingerprint density at radius 1 is 1.23 bits per heavy atom. The molecule has 2 aromatic carbocycles. The maximum Gasteiger partial charge on any atom is 0.231 e. The fraction of sp³-hybridized carbons (Fsp3) is 0.286. The number of nitrogens with two attached hydrogens (primary N) is 1. The zero-order chi connectivity index (χ0) is 18.7. The molecular weight excluding hydrogens is 324 g/mol. The average Bonchev–Trinajstić information content (AvgIpc) is 2.65. The van der Waals surface area contributed by atoms with Gasteiger partial charge in [0.2, 0.25) is 5.91 Å². The van der Waals surface area contributed by atoms with Crippen LogP contribution in [0.3, 0.4) is 0 Å². The lowest BCUT2D eigenvalue weighted by Gasteiger charge is -2.33. The van der Waals surface area contributed by atoms with Gasteiger partial charge in [0.05, 0.1) is 18.0 Å². The van der Waals surface area contributed by atoms with Crippen LogP contribution in [-0.4, -0.2) is 23.8 Å². The number of hydrogen-bond donors (Lipinski definition) is 1. The van der Waals surface area contributed by atoms with Gasteiger partial charge in [0.25, 0.3) is 0 Å². The maximum absolute atomic E-state index is 12.2. The number of benzene rings is 2. The summed E-state index contributed by atoms with van der Waals surface area (Å²) in [6.07, 6.45) is 1.53. The molecule has 5 heteroatoms. The van der Waals surface area contributed by atoms with Gasteiger partial charge in [-0.05, 0) is 41.7 Å². The summed E-state index contributed by atoms with van der Waals surface area (Å²) in [5.41, 5.74) is 9.50. The van der Waals surface area contributed by atoms with Crippen LogP contribution in [0.2, 0.25) is 0 Å². The van der Waals surface area contributed by atoms with Gasteiger partial charge in [-0.1, -0.05) is 42.5 Å². The number of nitrogens with zero attached hydrogens (tertiary/aromatic N) is 3. The monoisotopic (exact) mass is 346 g/mol. The summed E-state index contributed by atoms with van der Waals surface area (Å²) in [5.74, 6) is 0.205. The summed E-state index contributed by atoms with van der Waals surface area (Å²) >= 11 is 0. The molecule has 132 valence electrons. The van der Waals surface area contributed by atoms with E-state index in [0.29, 0.717) is 6.42 Å². The number of amides is 1. The van der Waals surface area contributed by atoms with E-state index in [-0.39, 0.29) is 18.3 Å². The second-order valence-electron chi connectivity index (χ2n) is 6.81. The lowest BCUT2D eigenvalue weighted by Crippen LogP contribution is -2.47. The maximum atomic E-state index is 12.2. The van der Waals surface area contributed by atoms with Gasteiger partial charge in [0.1, 0.15) is 0 Å². The van der Waals surface area contributed by atoms with Crippen LogP contribution in [0.4, 0.5) is 0 Å². The van der Waals surface area contributed by atoms with Gasteiger partial charge < -0.3 is 5.73 Å². The van der Waals surface area contributed by atoms with E-state index in [1.54, 1.807) is 7.05 Å². The van der Waals surface area contributed by atoms with Gasteiger partial charge in [0, 0.05) is 13.5 Å². The van der Waals surface area contributed by atoms with Crippen molar-refractivity contribution in [2.24, 2.45) is 10.7 Å². The Morgan fingerprint density at radius 3 is 2.62 bits per heavy atom. The molecule has 2 aromatic rings. The molecule has 1 aliphatic rings. The highest BCUT2D eigenvalue weighted by Crippen LogP contribution is 2.35. The summed E-state index contributed by atoms with van der Waals surface area (Å²) in [6, 6.07) is 18.5. The summed E-state index contributed by atoms with van der Waals surface area (Å²) in [5, 5.41) is 8.78. The van der Waals surface area contributed by atoms with Crippen LogP contribution in [-0.2, 0) is 16.8 Å². The predicted molar refractivity (Wildman–Crippen MR) is 102 cm³/mol. The van der Waals surface area contributed by atoms with Crippen LogP contribution in [0.15, 0.2) is 53.5 Å². The molecule has 0 spiro atoms. The van der Waals surface area contributed by atoms with Crippen LogP contribution in [0.1, 0.15) is 30.9 Å². The number of hydrogen-bond acceptors (Lipinski definition) is 4. The second-order valence-corrected chi connectivity index (χ2v) is 6.81. The molecule has 0 aliphatic carbocycles. The van der Waals surface area contributed by atoms with Crippen molar-refractivity contribution < 1.29 is 4.79 Å². The van der Waals surface area contributed by atoms with Crippen molar-refractivity contribution in [3.8, 4) is 17.2 Å². The summed E-state index contributed by atoms with van der Waals surface area (Å²) in [4.78, 5) is 18.2. The highest BCUT2D eigenvalue weighted by molar-refractivity contribution is 5.98. The van der Waals surface area contributed by atoms with E-state index in [2.05, 4.69) is 29.3 Å². The number of guanidine groups is 1. The first kappa shape index (κ1) is 17.7. The van der Waals surface area contributed by atoms with Gasteiger partial charge >= 0.3 is 0 Å². The number of nitriles is 1. The largest absolute Gasteiger partial charge is 0.369 e.